The molecule has 0 saturated heterocycles. The smallest absolute Gasteiger partial charge is 0.127 e. The van der Waals surface area contributed by atoms with Crippen LogP contribution < -0.4 is 5.73 Å². The molecule has 2 atom stereocenters. The predicted molar refractivity (Wildman–Crippen MR) is 63.7 cm³/mol. The summed E-state index contributed by atoms with van der Waals surface area (Å²) in [5, 5.41) is 0. The molecule has 0 bridgehead atoms. The van der Waals surface area contributed by atoms with Crippen molar-refractivity contribution in [2.24, 2.45) is 11.7 Å². The van der Waals surface area contributed by atoms with E-state index < -0.39 is 0 Å². The molecule has 0 aliphatic carbocycles. The first-order valence-electron chi connectivity index (χ1n) is 5.55. The zero-order valence-electron chi connectivity index (χ0n) is 10.2. The Morgan fingerprint density at radius 2 is 2.12 bits per heavy atom. The number of nitrogens with two attached hydrogens (primary N) is 1. The summed E-state index contributed by atoms with van der Waals surface area (Å²) in [7, 11) is 1.66. The Balaban J connectivity index is 2.72. The molecule has 0 spiro atoms. The number of benzene rings is 1. The summed E-state index contributed by atoms with van der Waals surface area (Å²) in [5.41, 5.74) is 7.63. The summed E-state index contributed by atoms with van der Waals surface area (Å²) in [4.78, 5) is 0. The second-order valence-corrected chi connectivity index (χ2v) is 4.43. The van der Waals surface area contributed by atoms with Gasteiger partial charge in [0.15, 0.2) is 0 Å². The lowest BCUT2D eigenvalue weighted by atomic mass is 9.95. The quantitative estimate of drug-likeness (QED) is 0.836. The van der Waals surface area contributed by atoms with E-state index in [0.717, 1.165) is 12.0 Å². The Kier molecular flexibility index (Phi) is 4.90. The van der Waals surface area contributed by atoms with Crippen LogP contribution in [0.25, 0.3) is 0 Å². The van der Waals surface area contributed by atoms with Crippen LogP contribution in [0.4, 0.5) is 4.39 Å². The van der Waals surface area contributed by atoms with Crippen molar-refractivity contribution < 1.29 is 9.13 Å². The first-order valence-corrected chi connectivity index (χ1v) is 5.55. The summed E-state index contributed by atoms with van der Waals surface area (Å²) in [5.74, 6) is 0.114. The SMILES string of the molecule is COCC(C)CC(N)c1cc(C)ccc1F. The lowest BCUT2D eigenvalue weighted by Crippen LogP contribution is -2.18. The number of halogens is 1. The Labute approximate surface area is 96.6 Å². The summed E-state index contributed by atoms with van der Waals surface area (Å²) < 4.78 is 18.6. The van der Waals surface area contributed by atoms with Crippen LogP contribution >= 0.6 is 0 Å². The number of aryl methyl sites for hydroxylation is 1. The highest BCUT2D eigenvalue weighted by Crippen LogP contribution is 2.22. The highest BCUT2D eigenvalue weighted by molar-refractivity contribution is 5.26. The van der Waals surface area contributed by atoms with Gasteiger partial charge < -0.3 is 10.5 Å². The number of hydrogen-bond donors (Lipinski definition) is 1. The van der Waals surface area contributed by atoms with Crippen molar-refractivity contribution in [3.8, 4) is 0 Å². The molecule has 0 aliphatic rings. The minimum Gasteiger partial charge on any atom is -0.384 e. The molecule has 3 heteroatoms. The molecular formula is C13H20FNO. The molecule has 1 aromatic rings. The van der Waals surface area contributed by atoms with Gasteiger partial charge in [-0.1, -0.05) is 24.6 Å². The normalized spacial score (nSPS) is 14.8. The van der Waals surface area contributed by atoms with E-state index >= 15 is 0 Å². The lowest BCUT2D eigenvalue weighted by molar-refractivity contribution is 0.152. The van der Waals surface area contributed by atoms with Crippen LogP contribution in [0.1, 0.15) is 30.5 Å². The Morgan fingerprint density at radius 3 is 2.75 bits per heavy atom. The zero-order chi connectivity index (χ0) is 12.1. The van der Waals surface area contributed by atoms with Crippen molar-refractivity contribution in [2.75, 3.05) is 13.7 Å². The van der Waals surface area contributed by atoms with E-state index in [4.69, 9.17) is 10.5 Å². The van der Waals surface area contributed by atoms with Gasteiger partial charge >= 0.3 is 0 Å². The fraction of sp³-hybridized carbons (Fsp3) is 0.538. The van der Waals surface area contributed by atoms with Crippen LogP contribution in [-0.4, -0.2) is 13.7 Å². The van der Waals surface area contributed by atoms with Crippen molar-refractivity contribution in [2.45, 2.75) is 26.3 Å². The minimum atomic E-state index is -0.259. The first kappa shape index (κ1) is 13.1. The van der Waals surface area contributed by atoms with Gasteiger partial charge in [0.2, 0.25) is 0 Å². The second-order valence-electron chi connectivity index (χ2n) is 4.43. The molecule has 0 fully saturated rings. The molecule has 2 nitrogen and oxygen atoms in total. The van der Waals surface area contributed by atoms with E-state index in [-0.39, 0.29) is 11.9 Å². The van der Waals surface area contributed by atoms with Gasteiger partial charge in [0.25, 0.3) is 0 Å². The van der Waals surface area contributed by atoms with E-state index in [1.165, 1.54) is 6.07 Å². The maximum Gasteiger partial charge on any atom is 0.127 e. The third-order valence-electron chi connectivity index (χ3n) is 2.66. The van der Waals surface area contributed by atoms with E-state index in [9.17, 15) is 4.39 Å². The van der Waals surface area contributed by atoms with E-state index in [1.807, 2.05) is 13.0 Å². The van der Waals surface area contributed by atoms with Gasteiger partial charge in [-0.05, 0) is 25.3 Å². The van der Waals surface area contributed by atoms with Crippen LogP contribution in [0, 0.1) is 18.7 Å². The predicted octanol–water partition coefficient (Wildman–Crippen LogP) is 2.81. The molecule has 0 aromatic heterocycles. The van der Waals surface area contributed by atoms with Crippen LogP contribution in [0.2, 0.25) is 0 Å². The van der Waals surface area contributed by atoms with Crippen LogP contribution in [0.5, 0.6) is 0 Å². The van der Waals surface area contributed by atoms with Crippen molar-refractivity contribution >= 4 is 0 Å². The number of hydrogen-bond acceptors (Lipinski definition) is 2. The highest BCUT2D eigenvalue weighted by atomic mass is 19.1. The highest BCUT2D eigenvalue weighted by Gasteiger charge is 2.14. The molecule has 0 saturated carbocycles. The topological polar surface area (TPSA) is 35.2 Å². The maximum absolute atomic E-state index is 13.5. The lowest BCUT2D eigenvalue weighted by Gasteiger charge is -2.18. The van der Waals surface area contributed by atoms with Gasteiger partial charge in [-0.25, -0.2) is 4.39 Å². The van der Waals surface area contributed by atoms with Crippen LogP contribution in [0.3, 0.4) is 0 Å². The van der Waals surface area contributed by atoms with E-state index in [0.29, 0.717) is 18.1 Å². The average Bonchev–Trinajstić information content (AvgIpc) is 2.21. The van der Waals surface area contributed by atoms with Gasteiger partial charge in [-0.15, -0.1) is 0 Å². The maximum atomic E-state index is 13.5. The fourth-order valence-corrected chi connectivity index (χ4v) is 1.86. The van der Waals surface area contributed by atoms with Crippen molar-refractivity contribution in [1.82, 2.24) is 0 Å². The number of rotatable bonds is 5. The minimum absolute atomic E-state index is 0.220. The monoisotopic (exact) mass is 225 g/mol. The summed E-state index contributed by atoms with van der Waals surface area (Å²) >= 11 is 0. The molecule has 0 radical (unpaired) electrons. The van der Waals surface area contributed by atoms with Crippen molar-refractivity contribution in [3.05, 3.63) is 35.1 Å². The fourth-order valence-electron chi connectivity index (χ4n) is 1.86. The third kappa shape index (κ3) is 3.58. The summed E-state index contributed by atoms with van der Waals surface area (Å²) in [6, 6.07) is 4.79. The summed E-state index contributed by atoms with van der Waals surface area (Å²) in [6.07, 6.45) is 0.730. The van der Waals surface area contributed by atoms with Gasteiger partial charge in [0.05, 0.1) is 0 Å². The van der Waals surface area contributed by atoms with Crippen LogP contribution in [-0.2, 0) is 4.74 Å². The molecule has 1 rings (SSSR count). The Morgan fingerprint density at radius 1 is 1.44 bits per heavy atom. The standard InChI is InChI=1S/C13H20FNO/c1-9-4-5-12(14)11(6-9)13(15)7-10(2)8-16-3/h4-6,10,13H,7-8,15H2,1-3H3. The largest absolute Gasteiger partial charge is 0.384 e. The van der Waals surface area contributed by atoms with Gasteiger partial charge in [0.1, 0.15) is 5.82 Å². The second kappa shape index (κ2) is 5.97. The molecule has 0 amide bonds. The molecule has 90 valence electrons. The molecule has 2 unspecified atom stereocenters. The van der Waals surface area contributed by atoms with Gasteiger partial charge in [-0.2, -0.15) is 0 Å². The summed E-state index contributed by atoms with van der Waals surface area (Å²) in [6.45, 7) is 4.65. The van der Waals surface area contributed by atoms with Crippen LogP contribution in [0.15, 0.2) is 18.2 Å². The molecule has 1 aromatic carbocycles. The molecule has 16 heavy (non-hydrogen) atoms. The molecule has 2 N–H and O–H groups in total. The van der Waals surface area contributed by atoms with Gasteiger partial charge in [0, 0.05) is 25.3 Å². The van der Waals surface area contributed by atoms with E-state index in [2.05, 4.69) is 6.92 Å². The number of ether oxygens (including phenoxy) is 1. The average molecular weight is 225 g/mol. The van der Waals surface area contributed by atoms with Gasteiger partial charge in [-0.3, -0.25) is 0 Å². The zero-order valence-corrected chi connectivity index (χ0v) is 10.2. The first-order chi connectivity index (χ1) is 7.54. The van der Waals surface area contributed by atoms with Crippen molar-refractivity contribution in [3.63, 3.8) is 0 Å². The third-order valence-corrected chi connectivity index (χ3v) is 2.66. The molecule has 0 heterocycles. The Bertz CT molecular complexity index is 341. The molecular weight excluding hydrogens is 205 g/mol. The van der Waals surface area contributed by atoms with E-state index in [1.54, 1.807) is 13.2 Å². The Hall–Kier alpha value is -0.930. The molecule has 0 aliphatic heterocycles. The van der Waals surface area contributed by atoms with Crippen molar-refractivity contribution in [1.29, 1.82) is 0 Å². The number of methoxy groups -OCH3 is 1.